The Kier molecular flexibility index (Phi) is 3.36. The van der Waals surface area contributed by atoms with E-state index < -0.39 is 0 Å². The second-order valence-corrected chi connectivity index (χ2v) is 9.21. The van der Waals surface area contributed by atoms with Crippen LogP contribution >= 0.6 is 0 Å². The van der Waals surface area contributed by atoms with Gasteiger partial charge in [0, 0.05) is 33.7 Å². The molecule has 2 aliphatic rings. The first-order valence-electron chi connectivity index (χ1n) is 10.5. The van der Waals surface area contributed by atoms with Gasteiger partial charge < -0.3 is 8.83 Å². The largest absolute Gasteiger partial charge is 0.460 e. The number of fused-ring (bicyclic) bond motifs is 6. The third-order valence-electron chi connectivity index (χ3n) is 6.51. The van der Waals surface area contributed by atoms with Crippen LogP contribution in [0, 0.1) is 0 Å². The minimum Gasteiger partial charge on any atom is -0.460 e. The van der Waals surface area contributed by atoms with Crippen LogP contribution in [0.2, 0.25) is 0 Å². The number of rotatable bonds is 1. The SMILES string of the molecule is CC1=Cc2c(oc3ccc(C4=Cc5c(oc6ccccc56)C(C)(C)C4)cc23)CC1. The molecule has 2 nitrogen and oxygen atoms in total. The molecule has 2 heterocycles. The van der Waals surface area contributed by atoms with Gasteiger partial charge in [-0.15, -0.1) is 0 Å². The van der Waals surface area contributed by atoms with Gasteiger partial charge in [0.25, 0.3) is 0 Å². The fourth-order valence-corrected chi connectivity index (χ4v) is 5.02. The van der Waals surface area contributed by atoms with E-state index in [0.29, 0.717) is 0 Å². The van der Waals surface area contributed by atoms with Crippen molar-refractivity contribution >= 4 is 39.7 Å². The van der Waals surface area contributed by atoms with Gasteiger partial charge in [-0.05, 0) is 55.2 Å². The van der Waals surface area contributed by atoms with Crippen molar-refractivity contribution in [2.45, 2.75) is 45.4 Å². The van der Waals surface area contributed by atoms with E-state index in [1.54, 1.807) is 0 Å². The molecule has 2 aromatic heterocycles. The first-order chi connectivity index (χ1) is 14.0. The average Bonchev–Trinajstić information content (AvgIpc) is 3.26. The predicted octanol–water partition coefficient (Wildman–Crippen LogP) is 7.75. The number of hydrogen-bond acceptors (Lipinski definition) is 2. The molecule has 0 saturated heterocycles. The van der Waals surface area contributed by atoms with Crippen molar-refractivity contribution in [3.05, 3.63) is 76.2 Å². The number of aryl methyl sites for hydroxylation is 1. The summed E-state index contributed by atoms with van der Waals surface area (Å²) in [5, 5.41) is 2.44. The summed E-state index contributed by atoms with van der Waals surface area (Å²) in [6.07, 6.45) is 7.69. The highest BCUT2D eigenvalue weighted by Gasteiger charge is 2.34. The molecule has 4 aromatic rings. The van der Waals surface area contributed by atoms with Gasteiger partial charge in [-0.25, -0.2) is 0 Å². The van der Waals surface area contributed by atoms with Crippen LogP contribution in [0.4, 0.5) is 0 Å². The molecule has 29 heavy (non-hydrogen) atoms. The summed E-state index contributed by atoms with van der Waals surface area (Å²) < 4.78 is 12.4. The van der Waals surface area contributed by atoms with Crippen molar-refractivity contribution in [3.63, 3.8) is 0 Å². The molecule has 0 N–H and O–H groups in total. The van der Waals surface area contributed by atoms with Crippen LogP contribution in [0.25, 0.3) is 39.7 Å². The van der Waals surface area contributed by atoms with Crippen LogP contribution in [0.3, 0.4) is 0 Å². The summed E-state index contributed by atoms with van der Waals surface area (Å²) in [6, 6.07) is 15.0. The first kappa shape index (κ1) is 16.9. The third-order valence-corrected chi connectivity index (χ3v) is 6.51. The van der Waals surface area contributed by atoms with Gasteiger partial charge in [-0.2, -0.15) is 0 Å². The number of hydrogen-bond donors (Lipinski definition) is 0. The maximum Gasteiger partial charge on any atom is 0.134 e. The van der Waals surface area contributed by atoms with Crippen molar-refractivity contribution in [2.24, 2.45) is 0 Å². The van der Waals surface area contributed by atoms with Gasteiger partial charge in [0.05, 0.1) is 0 Å². The van der Waals surface area contributed by atoms with Crippen molar-refractivity contribution in [1.82, 2.24) is 0 Å². The maximum absolute atomic E-state index is 6.27. The molecule has 0 spiro atoms. The van der Waals surface area contributed by atoms with E-state index in [2.05, 4.69) is 69.3 Å². The van der Waals surface area contributed by atoms with E-state index in [1.165, 1.54) is 38.6 Å². The predicted molar refractivity (Wildman–Crippen MR) is 120 cm³/mol. The number of furan rings is 2. The van der Waals surface area contributed by atoms with E-state index in [0.717, 1.165) is 41.9 Å². The summed E-state index contributed by atoms with van der Waals surface area (Å²) in [4.78, 5) is 0. The Morgan fingerprint density at radius 2 is 1.66 bits per heavy atom. The Labute approximate surface area is 170 Å². The maximum atomic E-state index is 6.27. The highest BCUT2D eigenvalue weighted by atomic mass is 16.3. The zero-order valence-corrected chi connectivity index (χ0v) is 17.1. The Morgan fingerprint density at radius 1 is 0.828 bits per heavy atom. The van der Waals surface area contributed by atoms with E-state index in [1.807, 2.05) is 6.07 Å². The topological polar surface area (TPSA) is 26.3 Å². The standard InChI is InChI=1S/C27H24O2/c1-16-8-10-24-20(12-16)21-13-17(9-11-25(21)28-24)18-14-22-19-6-4-5-7-23(19)29-26(22)27(2,3)15-18/h4-7,9,11-14H,8,10,15H2,1-3H3. The molecule has 2 heteroatoms. The van der Waals surface area contributed by atoms with E-state index >= 15 is 0 Å². The molecule has 144 valence electrons. The molecule has 0 bridgehead atoms. The van der Waals surface area contributed by atoms with Crippen molar-refractivity contribution < 1.29 is 8.83 Å². The molecule has 2 aliphatic carbocycles. The van der Waals surface area contributed by atoms with Crippen LogP contribution in [0.1, 0.15) is 61.8 Å². The summed E-state index contributed by atoms with van der Waals surface area (Å²) in [6.45, 7) is 6.78. The third kappa shape index (κ3) is 2.48. The quantitative estimate of drug-likeness (QED) is 0.337. The second kappa shape index (κ2) is 5.76. The molecule has 0 fully saturated rings. The molecule has 0 amide bonds. The minimum absolute atomic E-state index is 0.0420. The van der Waals surface area contributed by atoms with E-state index in [-0.39, 0.29) is 5.41 Å². The van der Waals surface area contributed by atoms with Crippen LogP contribution in [0.5, 0.6) is 0 Å². The van der Waals surface area contributed by atoms with Gasteiger partial charge in [0.2, 0.25) is 0 Å². The van der Waals surface area contributed by atoms with Gasteiger partial charge in [-0.1, -0.05) is 49.8 Å². The zero-order valence-electron chi connectivity index (χ0n) is 17.1. The number of benzene rings is 2. The molecule has 6 rings (SSSR count). The molecule has 0 saturated carbocycles. The highest BCUT2D eigenvalue weighted by Crippen LogP contribution is 2.46. The van der Waals surface area contributed by atoms with Crippen LogP contribution in [0.15, 0.2) is 56.9 Å². The fourth-order valence-electron chi connectivity index (χ4n) is 5.02. The van der Waals surface area contributed by atoms with Crippen molar-refractivity contribution in [2.75, 3.05) is 0 Å². The Hall–Kier alpha value is -3.00. The number of allylic oxidation sites excluding steroid dienone is 2. The number of para-hydroxylation sites is 1. The fraction of sp³-hybridized carbons (Fsp3) is 0.259. The van der Waals surface area contributed by atoms with Gasteiger partial charge in [-0.3, -0.25) is 0 Å². The first-order valence-corrected chi connectivity index (χ1v) is 10.5. The lowest BCUT2D eigenvalue weighted by atomic mass is 9.75. The molecule has 2 aromatic carbocycles. The monoisotopic (exact) mass is 380 g/mol. The summed E-state index contributed by atoms with van der Waals surface area (Å²) in [7, 11) is 0. The second-order valence-electron chi connectivity index (χ2n) is 9.21. The Morgan fingerprint density at radius 3 is 2.55 bits per heavy atom. The molecule has 0 unspecified atom stereocenters. The molecular weight excluding hydrogens is 356 g/mol. The van der Waals surface area contributed by atoms with E-state index in [9.17, 15) is 0 Å². The summed E-state index contributed by atoms with van der Waals surface area (Å²) in [5.41, 5.74) is 8.51. The lowest BCUT2D eigenvalue weighted by Crippen LogP contribution is -2.20. The zero-order chi connectivity index (χ0) is 19.8. The normalized spacial score (nSPS) is 17.8. The minimum atomic E-state index is -0.0420. The average molecular weight is 380 g/mol. The van der Waals surface area contributed by atoms with Crippen LogP contribution in [-0.4, -0.2) is 0 Å². The Bertz CT molecular complexity index is 1350. The van der Waals surface area contributed by atoms with Gasteiger partial charge in [0.1, 0.15) is 22.7 Å². The Balaban J connectivity index is 1.55. The molecule has 0 radical (unpaired) electrons. The summed E-state index contributed by atoms with van der Waals surface area (Å²) >= 11 is 0. The van der Waals surface area contributed by atoms with Crippen molar-refractivity contribution in [1.29, 1.82) is 0 Å². The van der Waals surface area contributed by atoms with Gasteiger partial charge in [0.15, 0.2) is 0 Å². The van der Waals surface area contributed by atoms with E-state index in [4.69, 9.17) is 8.83 Å². The lowest BCUT2D eigenvalue weighted by molar-refractivity contribution is 0.404. The molecule has 0 aliphatic heterocycles. The van der Waals surface area contributed by atoms with Crippen molar-refractivity contribution in [3.8, 4) is 0 Å². The van der Waals surface area contributed by atoms with Gasteiger partial charge >= 0.3 is 0 Å². The molecule has 0 atom stereocenters. The van der Waals surface area contributed by atoms with Crippen LogP contribution < -0.4 is 0 Å². The highest BCUT2D eigenvalue weighted by molar-refractivity contribution is 5.99. The smallest absolute Gasteiger partial charge is 0.134 e. The molecular formula is C27H24O2. The summed E-state index contributed by atoms with van der Waals surface area (Å²) in [5.74, 6) is 2.23. The lowest BCUT2D eigenvalue weighted by Gasteiger charge is -2.29. The van der Waals surface area contributed by atoms with Crippen LogP contribution in [-0.2, 0) is 11.8 Å².